The predicted molar refractivity (Wildman–Crippen MR) is 72.6 cm³/mol. The molecule has 0 fully saturated rings. The third-order valence-corrected chi connectivity index (χ3v) is 2.60. The zero-order valence-electron chi connectivity index (χ0n) is 14.2. The largest absolute Gasteiger partial charge is 0.463 e. The van der Waals surface area contributed by atoms with Gasteiger partial charge in [0.1, 0.15) is 12.7 Å². The lowest BCUT2D eigenvalue weighted by atomic mass is 10.0. The topological polar surface area (TPSA) is 116 Å². The van der Waals surface area contributed by atoms with Gasteiger partial charge in [-0.2, -0.15) is 0 Å². The summed E-state index contributed by atoms with van der Waals surface area (Å²) in [6.07, 6.45) is -8.81. The molecule has 1 N–H and O–H groups in total. The Labute approximate surface area is 138 Å². The first-order chi connectivity index (χ1) is 11.7. The van der Waals surface area contributed by atoms with E-state index in [1.165, 1.54) is 0 Å². The SMILES string of the molecule is [2H]CC(=O)OC[C@@H](O)[C@@H](OC(=O)C[2H])[C@H](F)[C@@H](OC(=O)C[2H])C(=O)Br. The molecule has 0 radical (unpaired) electrons. The van der Waals surface area contributed by atoms with E-state index in [2.05, 4.69) is 30.1 Å². The van der Waals surface area contributed by atoms with Crippen molar-refractivity contribution in [2.75, 3.05) is 6.61 Å². The Bertz CT molecular complexity index is 495. The normalized spacial score (nSPS) is 17.7. The molecule has 0 aromatic carbocycles. The minimum Gasteiger partial charge on any atom is -0.463 e. The fraction of sp³-hybridized carbons (Fsp3) is 0.667. The average molecular weight is 390 g/mol. The van der Waals surface area contributed by atoms with Crippen LogP contribution in [0.2, 0.25) is 0 Å². The standard InChI is InChI=1S/C12H16BrFO8/c1-5(15)20-4-8(18)10(21-6(2)16)9(14)11(12(13)19)22-7(3)17/h8-11,18H,4H2,1-3H3/t8-,9+,10-,11-/m1/s1/i1D,2D,3D. The Balaban J connectivity index is 5.31. The molecule has 4 atom stereocenters. The second kappa shape index (κ2) is 9.46. The van der Waals surface area contributed by atoms with Crippen LogP contribution in [0.5, 0.6) is 0 Å². The zero-order valence-corrected chi connectivity index (χ0v) is 12.8. The molecule has 0 aliphatic carbocycles. The second-order valence-electron chi connectivity index (χ2n) is 3.86. The van der Waals surface area contributed by atoms with Crippen LogP contribution in [-0.4, -0.2) is 58.8 Å². The van der Waals surface area contributed by atoms with E-state index < -0.39 is 74.4 Å². The summed E-state index contributed by atoms with van der Waals surface area (Å²) in [5.74, 6) is -3.55. The Hall–Kier alpha value is -1.55. The van der Waals surface area contributed by atoms with Crippen molar-refractivity contribution in [2.24, 2.45) is 0 Å². The van der Waals surface area contributed by atoms with Crippen molar-refractivity contribution in [1.29, 1.82) is 0 Å². The van der Waals surface area contributed by atoms with Gasteiger partial charge in [-0.15, -0.1) is 0 Å². The number of carbonyl (C=O) groups excluding carboxylic acids is 4. The van der Waals surface area contributed by atoms with E-state index in [4.69, 9.17) is 4.11 Å². The van der Waals surface area contributed by atoms with Crippen LogP contribution < -0.4 is 0 Å². The average Bonchev–Trinajstić information content (AvgIpc) is 2.60. The quantitative estimate of drug-likeness (QED) is 0.351. The minimum atomic E-state index is -2.58. The number of alkyl halides is 1. The van der Waals surface area contributed by atoms with Gasteiger partial charge in [0, 0.05) is 24.8 Å². The Morgan fingerprint density at radius 2 is 1.68 bits per heavy atom. The summed E-state index contributed by atoms with van der Waals surface area (Å²) in [5, 5.41) is 9.87. The molecule has 0 unspecified atom stereocenters. The minimum absolute atomic E-state index is 0.771. The number of rotatable bonds is 8. The summed E-state index contributed by atoms with van der Waals surface area (Å²) in [6.45, 7) is -3.48. The van der Waals surface area contributed by atoms with E-state index >= 15 is 0 Å². The molecule has 0 saturated heterocycles. The first-order valence-electron chi connectivity index (χ1n) is 7.73. The molecular formula is C12H16BrFO8. The van der Waals surface area contributed by atoms with Crippen molar-refractivity contribution in [3.63, 3.8) is 0 Å². The lowest BCUT2D eigenvalue weighted by Crippen LogP contribution is -2.49. The van der Waals surface area contributed by atoms with Crippen LogP contribution in [-0.2, 0) is 33.4 Å². The summed E-state index contributed by atoms with van der Waals surface area (Å²) < 4.78 is 47.2. The van der Waals surface area contributed by atoms with E-state index in [0.717, 1.165) is 0 Å². The molecule has 0 spiro atoms. The molecule has 0 aromatic rings. The third-order valence-electron chi connectivity index (χ3n) is 2.15. The molecule has 22 heavy (non-hydrogen) atoms. The van der Waals surface area contributed by atoms with Gasteiger partial charge in [-0.25, -0.2) is 4.39 Å². The molecule has 0 saturated carbocycles. The fourth-order valence-electron chi connectivity index (χ4n) is 1.33. The molecule has 0 bridgehead atoms. The van der Waals surface area contributed by atoms with Crippen molar-refractivity contribution in [3.8, 4) is 0 Å². The molecule has 0 aliphatic rings. The molecule has 10 heteroatoms. The summed E-state index contributed by atoms with van der Waals surface area (Å²) in [7, 11) is 0. The van der Waals surface area contributed by atoms with Crippen LogP contribution in [0.3, 0.4) is 0 Å². The van der Waals surface area contributed by atoms with E-state index in [1.807, 2.05) is 0 Å². The van der Waals surface area contributed by atoms with Crippen LogP contribution in [0.1, 0.15) is 24.8 Å². The van der Waals surface area contributed by atoms with E-state index in [0.29, 0.717) is 0 Å². The van der Waals surface area contributed by atoms with Crippen LogP contribution in [0.15, 0.2) is 0 Å². The van der Waals surface area contributed by atoms with Gasteiger partial charge in [0.2, 0.25) is 10.8 Å². The molecular weight excluding hydrogens is 371 g/mol. The molecule has 0 aromatic heterocycles. The number of hydrogen-bond acceptors (Lipinski definition) is 8. The predicted octanol–water partition coefficient (Wildman–Crippen LogP) is 0.0334. The molecule has 126 valence electrons. The van der Waals surface area contributed by atoms with E-state index in [-0.39, 0.29) is 0 Å². The highest BCUT2D eigenvalue weighted by Crippen LogP contribution is 2.19. The molecule has 0 aliphatic heterocycles. The van der Waals surface area contributed by atoms with Crippen LogP contribution in [0.4, 0.5) is 4.39 Å². The van der Waals surface area contributed by atoms with Crippen LogP contribution in [0, 0.1) is 0 Å². The highest BCUT2D eigenvalue weighted by molar-refractivity contribution is 9.18. The highest BCUT2D eigenvalue weighted by atomic mass is 79.9. The summed E-state index contributed by atoms with van der Waals surface area (Å²) in [5.41, 5.74) is 0. The number of halogens is 2. The number of aliphatic hydroxyl groups excluding tert-OH is 1. The first kappa shape index (κ1) is 15.3. The molecule has 0 heterocycles. The summed E-state index contributed by atoms with van der Waals surface area (Å²) in [4.78, 5) is 44.7. The van der Waals surface area contributed by atoms with Crippen LogP contribution >= 0.6 is 15.9 Å². The number of ether oxygens (including phenoxy) is 3. The number of carbonyl (C=O) groups is 4. The maximum absolute atomic E-state index is 14.6. The zero-order chi connectivity index (χ0) is 19.6. The molecule has 8 nitrogen and oxygen atoms in total. The Morgan fingerprint density at radius 1 is 1.14 bits per heavy atom. The summed E-state index contributed by atoms with van der Waals surface area (Å²) >= 11 is 2.39. The highest BCUT2D eigenvalue weighted by Gasteiger charge is 2.42. The molecule has 0 rings (SSSR count). The van der Waals surface area contributed by atoms with Crippen molar-refractivity contribution >= 4 is 38.5 Å². The Kier molecular flexibility index (Phi) is 6.60. The summed E-state index contributed by atoms with van der Waals surface area (Å²) in [6, 6.07) is 0. The van der Waals surface area contributed by atoms with Crippen molar-refractivity contribution in [3.05, 3.63) is 0 Å². The lowest BCUT2D eigenvalue weighted by molar-refractivity contribution is -0.175. The van der Waals surface area contributed by atoms with Gasteiger partial charge in [0.25, 0.3) is 0 Å². The smallest absolute Gasteiger partial charge is 0.303 e. The van der Waals surface area contributed by atoms with E-state index in [9.17, 15) is 28.7 Å². The van der Waals surface area contributed by atoms with Gasteiger partial charge in [0.05, 0.1) is 0 Å². The van der Waals surface area contributed by atoms with Gasteiger partial charge in [-0.05, 0) is 15.9 Å². The van der Waals surface area contributed by atoms with Crippen molar-refractivity contribution < 1.29 is 47.0 Å². The number of hydrogen-bond donors (Lipinski definition) is 1. The third kappa shape index (κ3) is 7.46. The van der Waals surface area contributed by atoms with Gasteiger partial charge >= 0.3 is 17.9 Å². The first-order valence-corrected chi connectivity index (χ1v) is 6.40. The van der Waals surface area contributed by atoms with Gasteiger partial charge in [0.15, 0.2) is 12.3 Å². The maximum atomic E-state index is 14.6. The fourth-order valence-corrected chi connectivity index (χ4v) is 1.68. The van der Waals surface area contributed by atoms with Gasteiger partial charge < -0.3 is 19.3 Å². The number of aliphatic hydroxyl groups is 1. The molecule has 0 amide bonds. The Morgan fingerprint density at radius 3 is 2.18 bits per heavy atom. The van der Waals surface area contributed by atoms with E-state index in [1.54, 1.807) is 0 Å². The van der Waals surface area contributed by atoms with Gasteiger partial charge in [-0.3, -0.25) is 19.2 Å². The second-order valence-corrected chi connectivity index (χ2v) is 4.65. The van der Waals surface area contributed by atoms with Crippen molar-refractivity contribution in [2.45, 2.75) is 45.2 Å². The maximum Gasteiger partial charge on any atom is 0.303 e. The monoisotopic (exact) mass is 389 g/mol. The van der Waals surface area contributed by atoms with Crippen molar-refractivity contribution in [1.82, 2.24) is 0 Å². The van der Waals surface area contributed by atoms with Crippen LogP contribution in [0.25, 0.3) is 0 Å². The lowest BCUT2D eigenvalue weighted by Gasteiger charge is -2.28. The number of esters is 3. The van der Waals surface area contributed by atoms with Gasteiger partial charge in [-0.1, -0.05) is 0 Å².